The first kappa shape index (κ1) is 16.3. The Balaban J connectivity index is 2.21. The second-order valence-electron chi connectivity index (χ2n) is 4.87. The number of alkyl halides is 3. The molecule has 0 atom stereocenters. The smallest absolute Gasteiger partial charge is 0.287 e. The maximum atomic E-state index is 12.9. The zero-order valence-corrected chi connectivity index (χ0v) is 12.5. The van der Waals surface area contributed by atoms with Gasteiger partial charge in [0, 0.05) is 6.20 Å². The van der Waals surface area contributed by atoms with E-state index in [2.05, 4.69) is 4.98 Å². The van der Waals surface area contributed by atoms with Gasteiger partial charge in [-0.3, -0.25) is 18.3 Å². The fraction of sp³-hybridized carbons (Fsp3) is 0.154. The predicted molar refractivity (Wildman–Crippen MR) is 79.3 cm³/mol. The summed E-state index contributed by atoms with van der Waals surface area (Å²) in [5, 5.41) is -0.0677. The fourth-order valence-electron chi connectivity index (χ4n) is 2.25. The van der Waals surface area contributed by atoms with Gasteiger partial charge in [-0.15, -0.1) is 3.89 Å². The predicted octanol–water partition coefficient (Wildman–Crippen LogP) is 2.33. The van der Waals surface area contributed by atoms with E-state index in [1.54, 1.807) is 0 Å². The average Bonchev–Trinajstić information content (AvgIpc) is 2.98. The topological polar surface area (TPSA) is 72.7 Å². The number of imidazole rings is 1. The van der Waals surface area contributed by atoms with Gasteiger partial charge in [-0.1, -0.05) is 0 Å². The zero-order valence-electron chi connectivity index (χ0n) is 11.7. The van der Waals surface area contributed by atoms with Crippen LogP contribution in [0.15, 0.2) is 40.3 Å². The van der Waals surface area contributed by atoms with Gasteiger partial charge in [0.1, 0.15) is 6.33 Å². The summed E-state index contributed by atoms with van der Waals surface area (Å²) >= 11 is -0.124. The second kappa shape index (κ2) is 5.82. The molecule has 6 nitrogen and oxygen atoms in total. The van der Waals surface area contributed by atoms with Crippen LogP contribution in [0.4, 0.5) is 17.1 Å². The van der Waals surface area contributed by atoms with Crippen molar-refractivity contribution in [2.75, 3.05) is 0 Å². The van der Waals surface area contributed by atoms with E-state index in [9.17, 15) is 26.6 Å². The van der Waals surface area contributed by atoms with Crippen LogP contribution in [0.25, 0.3) is 10.9 Å². The van der Waals surface area contributed by atoms with Crippen molar-refractivity contribution < 1.29 is 17.1 Å². The van der Waals surface area contributed by atoms with Crippen molar-refractivity contribution in [2.24, 2.45) is 0 Å². The molecule has 1 aromatic carbocycles. The van der Waals surface area contributed by atoms with E-state index >= 15 is 0 Å². The van der Waals surface area contributed by atoms with Crippen LogP contribution < -0.4 is 11.2 Å². The van der Waals surface area contributed by atoms with Gasteiger partial charge in [0.2, 0.25) is 0 Å². The van der Waals surface area contributed by atoms with E-state index in [4.69, 9.17) is 0 Å². The van der Waals surface area contributed by atoms with Crippen LogP contribution in [0.5, 0.6) is 0 Å². The third-order valence-corrected chi connectivity index (χ3v) is 3.70. The molecule has 0 saturated carbocycles. The van der Waals surface area contributed by atoms with Crippen LogP contribution in [0.1, 0.15) is 11.3 Å². The molecule has 0 spiro atoms. The van der Waals surface area contributed by atoms with Gasteiger partial charge in [0.25, 0.3) is 5.56 Å². The van der Waals surface area contributed by atoms with Crippen LogP contribution in [0, 0.1) is 0 Å². The summed E-state index contributed by atoms with van der Waals surface area (Å²) in [6, 6.07) is 2.50. The SMILES string of the molecule is O=c1[nH]c(=O)n(Cc2cn(SF)cn2)c2cc(C(F)(F)F)ccc12. The van der Waals surface area contributed by atoms with Crippen molar-refractivity contribution in [1.29, 1.82) is 0 Å². The molecule has 0 aliphatic heterocycles. The monoisotopic (exact) mass is 360 g/mol. The lowest BCUT2D eigenvalue weighted by molar-refractivity contribution is -0.137. The van der Waals surface area contributed by atoms with Gasteiger partial charge < -0.3 is 0 Å². The molecule has 2 heterocycles. The van der Waals surface area contributed by atoms with E-state index in [0.29, 0.717) is 0 Å². The molecule has 3 aromatic rings. The van der Waals surface area contributed by atoms with E-state index in [-0.39, 0.29) is 35.5 Å². The van der Waals surface area contributed by atoms with Crippen molar-refractivity contribution in [1.82, 2.24) is 18.5 Å². The van der Waals surface area contributed by atoms with Crippen LogP contribution in [-0.4, -0.2) is 18.5 Å². The van der Waals surface area contributed by atoms with Gasteiger partial charge in [-0.25, -0.2) is 9.78 Å². The molecule has 0 saturated heterocycles. The molecule has 0 aliphatic carbocycles. The standard InChI is InChI=1S/C13H8F4N4O2S/c14-13(15,16)7-1-2-9-10(3-7)21(12(23)19-11(9)22)5-8-4-20(24-17)6-18-8/h1-4,6H,5H2,(H,19,22,23). The van der Waals surface area contributed by atoms with E-state index in [1.807, 2.05) is 4.98 Å². The van der Waals surface area contributed by atoms with Gasteiger partial charge >= 0.3 is 11.9 Å². The molecule has 11 heteroatoms. The largest absolute Gasteiger partial charge is 0.416 e. The van der Waals surface area contributed by atoms with Crippen molar-refractivity contribution in [3.8, 4) is 0 Å². The van der Waals surface area contributed by atoms with Crippen molar-refractivity contribution in [3.05, 3.63) is 62.8 Å². The molecule has 0 radical (unpaired) electrons. The first-order valence-electron chi connectivity index (χ1n) is 6.45. The maximum absolute atomic E-state index is 12.9. The van der Waals surface area contributed by atoms with Gasteiger partial charge in [-0.2, -0.15) is 13.2 Å². The first-order valence-corrected chi connectivity index (χ1v) is 7.13. The number of aromatic nitrogens is 4. The summed E-state index contributed by atoms with van der Waals surface area (Å²) < 4.78 is 53.1. The van der Waals surface area contributed by atoms with E-state index < -0.39 is 23.0 Å². The summed E-state index contributed by atoms with van der Waals surface area (Å²) in [6.45, 7) is -0.221. The van der Waals surface area contributed by atoms with Crippen LogP contribution in [0.3, 0.4) is 0 Å². The molecule has 0 unspecified atom stereocenters. The maximum Gasteiger partial charge on any atom is 0.416 e. The number of H-pyrrole nitrogens is 1. The lowest BCUT2D eigenvalue weighted by Gasteiger charge is -2.11. The lowest BCUT2D eigenvalue weighted by Crippen LogP contribution is -2.31. The molecule has 0 bridgehead atoms. The molecule has 0 amide bonds. The third-order valence-electron chi connectivity index (χ3n) is 3.34. The molecule has 0 fully saturated rings. The second-order valence-corrected chi connectivity index (χ2v) is 5.43. The number of halogens is 4. The van der Waals surface area contributed by atoms with Crippen LogP contribution in [-0.2, 0) is 12.7 Å². The molecule has 1 N–H and O–H groups in total. The fourth-order valence-corrected chi connectivity index (χ4v) is 2.49. The van der Waals surface area contributed by atoms with Crippen molar-refractivity contribution in [3.63, 3.8) is 0 Å². The number of benzene rings is 1. The van der Waals surface area contributed by atoms with Gasteiger partial charge in [0.05, 0.1) is 28.7 Å². The Hall–Kier alpha value is -2.56. The molecule has 2 aromatic heterocycles. The highest BCUT2D eigenvalue weighted by molar-refractivity contribution is 7.92. The number of nitrogens with one attached hydrogen (secondary N) is 1. The lowest BCUT2D eigenvalue weighted by atomic mass is 10.1. The van der Waals surface area contributed by atoms with Crippen LogP contribution in [0.2, 0.25) is 0 Å². The Morgan fingerprint density at radius 1 is 1.25 bits per heavy atom. The Morgan fingerprint density at radius 2 is 2.00 bits per heavy atom. The molecular formula is C13H8F4N4O2S. The minimum atomic E-state index is -4.62. The summed E-state index contributed by atoms with van der Waals surface area (Å²) in [5.41, 5.74) is -2.59. The number of fused-ring (bicyclic) bond motifs is 1. The quantitative estimate of drug-likeness (QED) is 0.728. The summed E-state index contributed by atoms with van der Waals surface area (Å²) in [6.07, 6.45) is -2.19. The summed E-state index contributed by atoms with van der Waals surface area (Å²) in [4.78, 5) is 29.7. The minimum absolute atomic E-state index is 0.0677. The van der Waals surface area contributed by atoms with E-state index in [1.165, 1.54) is 6.20 Å². The summed E-state index contributed by atoms with van der Waals surface area (Å²) in [5.74, 6) is 0. The van der Waals surface area contributed by atoms with Gasteiger partial charge in [-0.05, 0) is 18.2 Å². The molecular weight excluding hydrogens is 352 g/mol. The van der Waals surface area contributed by atoms with Crippen molar-refractivity contribution in [2.45, 2.75) is 12.7 Å². The summed E-state index contributed by atoms with van der Waals surface area (Å²) in [7, 11) is 0. The highest BCUT2D eigenvalue weighted by Gasteiger charge is 2.31. The number of hydrogen-bond acceptors (Lipinski definition) is 4. The Bertz CT molecular complexity index is 1020. The molecule has 126 valence electrons. The third kappa shape index (κ3) is 2.94. The molecule has 0 aliphatic rings. The number of aromatic amines is 1. The molecule has 24 heavy (non-hydrogen) atoms. The zero-order chi connectivity index (χ0) is 17.5. The van der Waals surface area contributed by atoms with Gasteiger partial charge in [0.15, 0.2) is 12.3 Å². The first-order chi connectivity index (χ1) is 11.3. The number of hydrogen-bond donors (Lipinski definition) is 1. The normalized spacial score (nSPS) is 12.0. The average molecular weight is 360 g/mol. The van der Waals surface area contributed by atoms with Crippen LogP contribution >= 0.6 is 12.3 Å². The highest BCUT2D eigenvalue weighted by Crippen LogP contribution is 2.30. The molecule has 3 rings (SSSR count). The highest BCUT2D eigenvalue weighted by atomic mass is 32.2. The minimum Gasteiger partial charge on any atom is -0.287 e. The Morgan fingerprint density at radius 3 is 2.62 bits per heavy atom. The number of rotatable bonds is 3. The Kier molecular flexibility index (Phi) is 3.95. The van der Waals surface area contributed by atoms with E-state index in [0.717, 1.165) is 33.1 Å². The Labute approximate surface area is 135 Å². The van der Waals surface area contributed by atoms with Crippen molar-refractivity contribution >= 4 is 23.2 Å². The number of nitrogens with zero attached hydrogens (tertiary/aromatic N) is 3.